The van der Waals surface area contributed by atoms with Gasteiger partial charge in [-0.1, -0.05) is 0 Å². The lowest BCUT2D eigenvalue weighted by Crippen LogP contribution is -1.98. The van der Waals surface area contributed by atoms with Crippen molar-refractivity contribution in [1.82, 2.24) is 9.78 Å². The molecule has 0 aliphatic carbocycles. The highest BCUT2D eigenvalue weighted by molar-refractivity contribution is 5.38. The summed E-state index contributed by atoms with van der Waals surface area (Å²) in [5.41, 5.74) is 2.19. The number of furan rings is 1. The third-order valence-electron chi connectivity index (χ3n) is 2.38. The number of rotatable bonds is 4. The third kappa shape index (κ3) is 2.21. The molecule has 4 heteroatoms. The van der Waals surface area contributed by atoms with E-state index in [2.05, 4.69) is 17.3 Å². The van der Waals surface area contributed by atoms with Gasteiger partial charge in [0, 0.05) is 12.7 Å². The standard InChI is InChI=1S/C11H15N3O/c1-3-14-8-10(6-13-14)12-7-11-9(2)4-5-15-11/h4-6,8,12H,3,7H2,1-2H3. The molecule has 0 atom stereocenters. The predicted octanol–water partition coefficient (Wildman–Crippen LogP) is 2.42. The zero-order chi connectivity index (χ0) is 10.7. The zero-order valence-electron chi connectivity index (χ0n) is 9.03. The first-order valence-corrected chi connectivity index (χ1v) is 5.09. The van der Waals surface area contributed by atoms with Gasteiger partial charge >= 0.3 is 0 Å². The molecule has 0 fully saturated rings. The average Bonchev–Trinajstić information content (AvgIpc) is 2.84. The van der Waals surface area contributed by atoms with E-state index in [1.165, 1.54) is 5.56 Å². The van der Waals surface area contributed by atoms with Crippen molar-refractivity contribution in [3.63, 3.8) is 0 Å². The van der Waals surface area contributed by atoms with Gasteiger partial charge in [-0.3, -0.25) is 4.68 Å². The fourth-order valence-corrected chi connectivity index (χ4v) is 1.40. The van der Waals surface area contributed by atoms with Gasteiger partial charge in [-0.15, -0.1) is 0 Å². The first-order chi connectivity index (χ1) is 7.29. The molecule has 0 aromatic carbocycles. The largest absolute Gasteiger partial charge is 0.467 e. The summed E-state index contributed by atoms with van der Waals surface area (Å²) in [5.74, 6) is 0.972. The molecule has 4 nitrogen and oxygen atoms in total. The molecule has 0 aliphatic heterocycles. The van der Waals surface area contributed by atoms with Crippen LogP contribution in [0.15, 0.2) is 29.1 Å². The molecule has 0 radical (unpaired) electrons. The summed E-state index contributed by atoms with van der Waals surface area (Å²) < 4.78 is 7.22. The molecule has 2 aromatic rings. The lowest BCUT2D eigenvalue weighted by Gasteiger charge is -2.01. The summed E-state index contributed by atoms with van der Waals surface area (Å²) in [6, 6.07) is 1.96. The van der Waals surface area contributed by atoms with Crippen LogP contribution in [0, 0.1) is 6.92 Å². The second kappa shape index (κ2) is 4.21. The normalized spacial score (nSPS) is 10.5. The Bertz CT molecular complexity index is 430. The van der Waals surface area contributed by atoms with Crippen molar-refractivity contribution in [3.05, 3.63) is 36.0 Å². The monoisotopic (exact) mass is 205 g/mol. The van der Waals surface area contributed by atoms with Gasteiger partial charge in [-0.25, -0.2) is 0 Å². The minimum absolute atomic E-state index is 0.703. The number of nitrogens with zero attached hydrogens (tertiary/aromatic N) is 2. The van der Waals surface area contributed by atoms with E-state index in [4.69, 9.17) is 4.42 Å². The van der Waals surface area contributed by atoms with Crippen molar-refractivity contribution in [3.8, 4) is 0 Å². The first-order valence-electron chi connectivity index (χ1n) is 5.09. The van der Waals surface area contributed by atoms with E-state index in [-0.39, 0.29) is 0 Å². The third-order valence-corrected chi connectivity index (χ3v) is 2.38. The van der Waals surface area contributed by atoms with Crippen LogP contribution in [-0.4, -0.2) is 9.78 Å². The lowest BCUT2D eigenvalue weighted by molar-refractivity contribution is 0.515. The van der Waals surface area contributed by atoms with Crippen molar-refractivity contribution < 1.29 is 4.42 Å². The van der Waals surface area contributed by atoms with Crippen molar-refractivity contribution in [2.24, 2.45) is 0 Å². The van der Waals surface area contributed by atoms with Gasteiger partial charge in [0.1, 0.15) is 5.76 Å². The number of hydrogen-bond acceptors (Lipinski definition) is 3. The molecule has 80 valence electrons. The van der Waals surface area contributed by atoms with E-state index < -0.39 is 0 Å². The molecule has 2 heterocycles. The number of hydrogen-bond donors (Lipinski definition) is 1. The molecule has 0 amide bonds. The fraction of sp³-hybridized carbons (Fsp3) is 0.364. The summed E-state index contributed by atoms with van der Waals surface area (Å²) in [6.45, 7) is 5.69. The molecule has 0 aliphatic rings. The Labute approximate surface area is 88.9 Å². The van der Waals surface area contributed by atoms with E-state index in [0.29, 0.717) is 6.54 Å². The summed E-state index contributed by atoms with van der Waals surface area (Å²) in [5, 5.41) is 7.45. The van der Waals surface area contributed by atoms with E-state index in [1.54, 1.807) is 6.26 Å². The van der Waals surface area contributed by atoms with Crippen LogP contribution in [0.25, 0.3) is 0 Å². The average molecular weight is 205 g/mol. The van der Waals surface area contributed by atoms with Crippen LogP contribution in [0.5, 0.6) is 0 Å². The minimum atomic E-state index is 0.703. The van der Waals surface area contributed by atoms with Crippen molar-refractivity contribution >= 4 is 5.69 Å². The van der Waals surface area contributed by atoms with E-state index in [1.807, 2.05) is 30.1 Å². The van der Waals surface area contributed by atoms with Crippen LogP contribution in [0.1, 0.15) is 18.2 Å². The zero-order valence-corrected chi connectivity index (χ0v) is 9.03. The Kier molecular flexibility index (Phi) is 2.76. The molecular formula is C11H15N3O. The Morgan fingerprint density at radius 1 is 1.53 bits per heavy atom. The molecule has 0 saturated heterocycles. The Balaban J connectivity index is 1.96. The maximum Gasteiger partial charge on any atom is 0.125 e. The van der Waals surface area contributed by atoms with Gasteiger partial charge in [-0.05, 0) is 25.5 Å². The van der Waals surface area contributed by atoms with Gasteiger partial charge < -0.3 is 9.73 Å². The molecule has 15 heavy (non-hydrogen) atoms. The highest BCUT2D eigenvalue weighted by Crippen LogP contribution is 2.12. The van der Waals surface area contributed by atoms with Crippen LogP contribution < -0.4 is 5.32 Å². The van der Waals surface area contributed by atoms with Crippen molar-refractivity contribution in [2.75, 3.05) is 5.32 Å². The predicted molar refractivity (Wildman–Crippen MR) is 58.7 cm³/mol. The Morgan fingerprint density at radius 3 is 3.00 bits per heavy atom. The topological polar surface area (TPSA) is 43.0 Å². The van der Waals surface area contributed by atoms with Crippen molar-refractivity contribution in [2.45, 2.75) is 26.9 Å². The molecule has 0 spiro atoms. The van der Waals surface area contributed by atoms with Gasteiger partial charge in [0.05, 0.1) is 24.7 Å². The number of nitrogens with one attached hydrogen (secondary N) is 1. The number of aryl methyl sites for hydroxylation is 2. The molecule has 1 N–H and O–H groups in total. The van der Waals surface area contributed by atoms with Crippen LogP contribution in [0.4, 0.5) is 5.69 Å². The Hall–Kier alpha value is -1.71. The molecule has 0 bridgehead atoms. The second-order valence-electron chi connectivity index (χ2n) is 3.47. The number of aromatic nitrogens is 2. The van der Waals surface area contributed by atoms with E-state index in [0.717, 1.165) is 18.0 Å². The fourth-order valence-electron chi connectivity index (χ4n) is 1.40. The molecule has 0 unspecified atom stereocenters. The number of anilines is 1. The second-order valence-corrected chi connectivity index (χ2v) is 3.47. The summed E-state index contributed by atoms with van der Waals surface area (Å²) >= 11 is 0. The summed E-state index contributed by atoms with van der Waals surface area (Å²) in [6.07, 6.45) is 5.52. The maximum absolute atomic E-state index is 5.33. The minimum Gasteiger partial charge on any atom is -0.467 e. The van der Waals surface area contributed by atoms with Crippen LogP contribution in [0.3, 0.4) is 0 Å². The van der Waals surface area contributed by atoms with E-state index in [9.17, 15) is 0 Å². The highest BCUT2D eigenvalue weighted by Gasteiger charge is 2.02. The maximum atomic E-state index is 5.33. The summed E-state index contributed by atoms with van der Waals surface area (Å²) in [7, 11) is 0. The lowest BCUT2D eigenvalue weighted by atomic mass is 10.3. The van der Waals surface area contributed by atoms with E-state index >= 15 is 0 Å². The quantitative estimate of drug-likeness (QED) is 0.833. The SMILES string of the molecule is CCn1cc(NCc2occc2C)cn1. The van der Waals surface area contributed by atoms with Crippen LogP contribution >= 0.6 is 0 Å². The summed E-state index contributed by atoms with van der Waals surface area (Å²) in [4.78, 5) is 0. The van der Waals surface area contributed by atoms with Crippen LogP contribution in [-0.2, 0) is 13.1 Å². The van der Waals surface area contributed by atoms with Crippen molar-refractivity contribution in [1.29, 1.82) is 0 Å². The highest BCUT2D eigenvalue weighted by atomic mass is 16.3. The van der Waals surface area contributed by atoms with Gasteiger partial charge in [-0.2, -0.15) is 5.10 Å². The molecule has 2 aromatic heterocycles. The van der Waals surface area contributed by atoms with Crippen LogP contribution in [0.2, 0.25) is 0 Å². The van der Waals surface area contributed by atoms with Gasteiger partial charge in [0.15, 0.2) is 0 Å². The molecule has 0 saturated carbocycles. The Morgan fingerprint density at radius 2 is 2.40 bits per heavy atom. The molecule has 2 rings (SSSR count). The van der Waals surface area contributed by atoms with Gasteiger partial charge in [0.25, 0.3) is 0 Å². The smallest absolute Gasteiger partial charge is 0.125 e. The van der Waals surface area contributed by atoms with Gasteiger partial charge in [0.2, 0.25) is 0 Å². The molecular weight excluding hydrogens is 190 g/mol. The first kappa shape index (κ1) is 9.83.